The van der Waals surface area contributed by atoms with E-state index in [1.165, 1.54) is 16.2 Å². The highest BCUT2D eigenvalue weighted by atomic mass is 32.1. The first-order chi connectivity index (χ1) is 8.61. The van der Waals surface area contributed by atoms with Gasteiger partial charge in [0.1, 0.15) is 0 Å². The van der Waals surface area contributed by atoms with Crippen molar-refractivity contribution in [3.05, 3.63) is 21.9 Å². The van der Waals surface area contributed by atoms with Gasteiger partial charge in [-0.2, -0.15) is 0 Å². The second kappa shape index (κ2) is 5.50. The van der Waals surface area contributed by atoms with Crippen molar-refractivity contribution in [2.75, 3.05) is 19.6 Å². The van der Waals surface area contributed by atoms with Crippen molar-refractivity contribution in [2.24, 2.45) is 5.73 Å². The Hall–Kier alpha value is -1.39. The van der Waals surface area contributed by atoms with E-state index in [1.54, 1.807) is 12.1 Å². The lowest BCUT2D eigenvalue weighted by Crippen LogP contribution is -2.29. The van der Waals surface area contributed by atoms with Gasteiger partial charge in [-0.1, -0.05) is 11.8 Å². The number of nitrogens with two attached hydrogens (primary N) is 1. The number of amides is 1. The third-order valence-electron chi connectivity index (χ3n) is 2.68. The Morgan fingerprint density at radius 1 is 1.44 bits per heavy atom. The molecule has 2 rings (SSSR count). The molecule has 1 fully saturated rings. The predicted octanol–water partition coefficient (Wildman–Crippen LogP) is -0.764. The number of nitrogens with zero attached hydrogens (tertiary/aromatic N) is 1. The van der Waals surface area contributed by atoms with Crippen molar-refractivity contribution < 1.29 is 15.0 Å². The van der Waals surface area contributed by atoms with Crippen molar-refractivity contribution in [3.8, 4) is 11.8 Å². The summed E-state index contributed by atoms with van der Waals surface area (Å²) in [6.07, 6.45) is -1.71. The van der Waals surface area contributed by atoms with Crippen LogP contribution in [0.4, 0.5) is 0 Å². The molecule has 96 valence electrons. The molecule has 0 radical (unpaired) electrons. The second-order valence-electron chi connectivity index (χ2n) is 4.01. The van der Waals surface area contributed by atoms with Crippen molar-refractivity contribution >= 4 is 17.2 Å². The predicted molar refractivity (Wildman–Crippen MR) is 68.2 cm³/mol. The van der Waals surface area contributed by atoms with E-state index < -0.39 is 12.2 Å². The van der Waals surface area contributed by atoms with Gasteiger partial charge in [-0.3, -0.25) is 4.79 Å². The topological polar surface area (TPSA) is 86.8 Å². The number of carbonyl (C=O) groups is 1. The Morgan fingerprint density at radius 3 is 2.72 bits per heavy atom. The van der Waals surface area contributed by atoms with Gasteiger partial charge in [-0.05, 0) is 12.1 Å². The van der Waals surface area contributed by atoms with E-state index in [0.717, 1.165) is 4.88 Å². The van der Waals surface area contributed by atoms with Gasteiger partial charge in [0, 0.05) is 13.1 Å². The Labute approximate surface area is 109 Å². The molecule has 5 nitrogen and oxygen atoms in total. The molecule has 2 unspecified atom stereocenters. The highest BCUT2D eigenvalue weighted by Gasteiger charge is 2.33. The summed E-state index contributed by atoms with van der Waals surface area (Å²) < 4.78 is 0. The van der Waals surface area contributed by atoms with E-state index in [-0.39, 0.29) is 25.5 Å². The molecule has 1 amide bonds. The summed E-state index contributed by atoms with van der Waals surface area (Å²) in [5.74, 6) is 5.40. The average Bonchev–Trinajstić information content (AvgIpc) is 2.94. The molecule has 0 aliphatic carbocycles. The van der Waals surface area contributed by atoms with Gasteiger partial charge in [-0.15, -0.1) is 11.3 Å². The monoisotopic (exact) mass is 266 g/mol. The maximum atomic E-state index is 12.1. The highest BCUT2D eigenvalue weighted by Crippen LogP contribution is 2.20. The minimum atomic E-state index is -0.856. The summed E-state index contributed by atoms with van der Waals surface area (Å²) >= 11 is 1.29. The lowest BCUT2D eigenvalue weighted by Gasteiger charge is -2.13. The van der Waals surface area contributed by atoms with Gasteiger partial charge in [-0.25, -0.2) is 0 Å². The summed E-state index contributed by atoms with van der Waals surface area (Å²) in [5.41, 5.74) is 5.27. The van der Waals surface area contributed by atoms with Crippen molar-refractivity contribution in [3.63, 3.8) is 0 Å². The van der Waals surface area contributed by atoms with Crippen molar-refractivity contribution in [2.45, 2.75) is 12.2 Å². The fourth-order valence-corrected chi connectivity index (χ4v) is 2.60. The van der Waals surface area contributed by atoms with Crippen LogP contribution in [0.2, 0.25) is 0 Å². The molecule has 2 atom stereocenters. The lowest BCUT2D eigenvalue weighted by molar-refractivity contribution is 0.0572. The number of likely N-dealkylation sites (tertiary alicyclic amines) is 1. The van der Waals surface area contributed by atoms with Crippen LogP contribution in [-0.2, 0) is 0 Å². The molecule has 0 saturated carbocycles. The van der Waals surface area contributed by atoms with Gasteiger partial charge in [0.05, 0.1) is 28.5 Å². The zero-order chi connectivity index (χ0) is 13.1. The molecule has 0 aromatic carbocycles. The van der Waals surface area contributed by atoms with E-state index in [9.17, 15) is 15.0 Å². The van der Waals surface area contributed by atoms with Gasteiger partial charge >= 0.3 is 0 Å². The van der Waals surface area contributed by atoms with Crippen LogP contribution in [0, 0.1) is 11.8 Å². The molecular weight excluding hydrogens is 252 g/mol. The quantitative estimate of drug-likeness (QED) is 0.583. The molecule has 18 heavy (non-hydrogen) atoms. The lowest BCUT2D eigenvalue weighted by atomic mass is 10.3. The molecule has 1 aliphatic heterocycles. The van der Waals surface area contributed by atoms with Crippen LogP contribution < -0.4 is 5.73 Å². The van der Waals surface area contributed by atoms with E-state index in [4.69, 9.17) is 5.73 Å². The zero-order valence-corrected chi connectivity index (χ0v) is 10.5. The number of hydrogen-bond acceptors (Lipinski definition) is 5. The number of aliphatic hydroxyl groups is 2. The molecule has 6 heteroatoms. The second-order valence-corrected chi connectivity index (χ2v) is 5.10. The summed E-state index contributed by atoms with van der Waals surface area (Å²) in [5, 5.41) is 18.8. The molecule has 1 saturated heterocycles. The Morgan fingerprint density at radius 2 is 2.11 bits per heavy atom. The van der Waals surface area contributed by atoms with E-state index in [2.05, 4.69) is 11.8 Å². The molecule has 0 spiro atoms. The van der Waals surface area contributed by atoms with Gasteiger partial charge in [0.25, 0.3) is 5.91 Å². The van der Waals surface area contributed by atoms with Crippen LogP contribution >= 0.6 is 11.3 Å². The molecule has 2 heterocycles. The van der Waals surface area contributed by atoms with Crippen LogP contribution in [0.25, 0.3) is 0 Å². The Balaban J connectivity index is 2.08. The van der Waals surface area contributed by atoms with Crippen LogP contribution in [0.5, 0.6) is 0 Å². The third kappa shape index (κ3) is 2.71. The summed E-state index contributed by atoms with van der Waals surface area (Å²) in [7, 11) is 0. The SMILES string of the molecule is NCC#Cc1ccc(C(=O)N2CC(O)C(O)C2)s1. The minimum Gasteiger partial charge on any atom is -0.388 e. The molecule has 1 aliphatic rings. The largest absolute Gasteiger partial charge is 0.388 e. The summed E-state index contributed by atoms with van der Waals surface area (Å²) in [4.78, 5) is 14.8. The van der Waals surface area contributed by atoms with Crippen LogP contribution in [-0.4, -0.2) is 52.9 Å². The summed E-state index contributed by atoms with van der Waals surface area (Å²) in [6.45, 7) is 0.620. The van der Waals surface area contributed by atoms with E-state index >= 15 is 0 Å². The average molecular weight is 266 g/mol. The minimum absolute atomic E-state index is 0.168. The van der Waals surface area contributed by atoms with E-state index in [0.29, 0.717) is 4.88 Å². The van der Waals surface area contributed by atoms with Gasteiger partial charge < -0.3 is 20.8 Å². The number of hydrogen-bond donors (Lipinski definition) is 3. The standard InChI is InChI=1S/C12H14N2O3S/c13-5-1-2-8-3-4-11(18-8)12(17)14-6-9(15)10(16)7-14/h3-4,9-10,15-16H,5-7,13H2. The number of carbonyl (C=O) groups excluding carboxylic acids is 1. The first kappa shape index (κ1) is 13.1. The van der Waals surface area contributed by atoms with Crippen molar-refractivity contribution in [1.82, 2.24) is 4.90 Å². The first-order valence-electron chi connectivity index (χ1n) is 5.56. The molecule has 4 N–H and O–H groups in total. The maximum absolute atomic E-state index is 12.1. The fraction of sp³-hybridized carbons (Fsp3) is 0.417. The molecule has 1 aromatic heterocycles. The molecular formula is C12H14N2O3S. The normalized spacial score (nSPS) is 22.7. The van der Waals surface area contributed by atoms with Crippen LogP contribution in [0.15, 0.2) is 12.1 Å². The van der Waals surface area contributed by atoms with E-state index in [1.807, 2.05) is 0 Å². The zero-order valence-electron chi connectivity index (χ0n) is 9.67. The molecule has 1 aromatic rings. The fourth-order valence-electron chi connectivity index (χ4n) is 1.75. The summed E-state index contributed by atoms with van der Waals surface area (Å²) in [6, 6.07) is 3.47. The third-order valence-corrected chi connectivity index (χ3v) is 3.67. The van der Waals surface area contributed by atoms with Crippen molar-refractivity contribution in [1.29, 1.82) is 0 Å². The number of rotatable bonds is 1. The van der Waals surface area contributed by atoms with Crippen LogP contribution in [0.3, 0.4) is 0 Å². The first-order valence-corrected chi connectivity index (χ1v) is 6.37. The number of thiophene rings is 1. The number of β-amino-alcohol motifs (C(OH)–C–C–N with tert-alkyl or cyclic N) is 2. The number of aliphatic hydroxyl groups excluding tert-OH is 2. The maximum Gasteiger partial charge on any atom is 0.264 e. The smallest absolute Gasteiger partial charge is 0.264 e. The van der Waals surface area contributed by atoms with Gasteiger partial charge in [0.2, 0.25) is 0 Å². The molecule has 0 bridgehead atoms. The van der Waals surface area contributed by atoms with Gasteiger partial charge in [0.15, 0.2) is 0 Å². The Bertz CT molecular complexity index is 493. The van der Waals surface area contributed by atoms with Crippen LogP contribution in [0.1, 0.15) is 14.5 Å². The Kier molecular flexibility index (Phi) is 3.99. The highest BCUT2D eigenvalue weighted by molar-refractivity contribution is 7.14.